The third-order valence-electron chi connectivity index (χ3n) is 3.21. The van der Waals surface area contributed by atoms with E-state index in [1.165, 1.54) is 30.4 Å². The van der Waals surface area contributed by atoms with Crippen LogP contribution in [0.1, 0.15) is 51.2 Å². The van der Waals surface area contributed by atoms with Gasteiger partial charge in [-0.2, -0.15) is 0 Å². The van der Waals surface area contributed by atoms with Crippen LogP contribution < -0.4 is 5.32 Å². The maximum Gasteiger partial charge on any atom is 0.0210 e. The SMILES string of the molecule is CCCC(CC)NCc1ccccc1CC. The van der Waals surface area contributed by atoms with Gasteiger partial charge < -0.3 is 5.32 Å². The lowest BCUT2D eigenvalue weighted by Gasteiger charge is -2.17. The molecule has 0 aliphatic rings. The van der Waals surface area contributed by atoms with Gasteiger partial charge in [0.15, 0.2) is 0 Å². The van der Waals surface area contributed by atoms with Crippen molar-refractivity contribution >= 4 is 0 Å². The van der Waals surface area contributed by atoms with Gasteiger partial charge in [0.1, 0.15) is 0 Å². The number of nitrogens with one attached hydrogen (secondary N) is 1. The lowest BCUT2D eigenvalue weighted by molar-refractivity contribution is 0.462. The quantitative estimate of drug-likeness (QED) is 0.733. The lowest BCUT2D eigenvalue weighted by atomic mass is 10.0. The summed E-state index contributed by atoms with van der Waals surface area (Å²) in [6.45, 7) is 7.76. The van der Waals surface area contributed by atoms with E-state index in [2.05, 4.69) is 50.4 Å². The Labute approximate surface area is 100 Å². The summed E-state index contributed by atoms with van der Waals surface area (Å²) in [4.78, 5) is 0. The standard InChI is InChI=1S/C15H25N/c1-4-9-15(6-3)16-12-14-11-8-7-10-13(14)5-2/h7-8,10-11,15-16H,4-6,9,12H2,1-3H3. The first-order chi connectivity index (χ1) is 7.81. The number of rotatable bonds is 7. The fourth-order valence-electron chi connectivity index (χ4n) is 2.13. The van der Waals surface area contributed by atoms with Crippen LogP contribution in [-0.4, -0.2) is 6.04 Å². The molecular weight excluding hydrogens is 194 g/mol. The zero-order valence-electron chi connectivity index (χ0n) is 10.9. The highest BCUT2D eigenvalue weighted by Gasteiger charge is 2.05. The summed E-state index contributed by atoms with van der Waals surface area (Å²) in [6.07, 6.45) is 4.90. The highest BCUT2D eigenvalue weighted by atomic mass is 14.9. The van der Waals surface area contributed by atoms with E-state index in [4.69, 9.17) is 0 Å². The van der Waals surface area contributed by atoms with E-state index in [-0.39, 0.29) is 0 Å². The summed E-state index contributed by atoms with van der Waals surface area (Å²) >= 11 is 0. The zero-order valence-corrected chi connectivity index (χ0v) is 10.9. The van der Waals surface area contributed by atoms with Gasteiger partial charge in [0, 0.05) is 12.6 Å². The molecule has 0 fully saturated rings. The van der Waals surface area contributed by atoms with Crippen LogP contribution in [0.3, 0.4) is 0 Å². The third kappa shape index (κ3) is 3.97. The Morgan fingerprint density at radius 3 is 2.31 bits per heavy atom. The molecule has 1 rings (SSSR count). The van der Waals surface area contributed by atoms with Gasteiger partial charge >= 0.3 is 0 Å². The topological polar surface area (TPSA) is 12.0 Å². The molecule has 16 heavy (non-hydrogen) atoms. The molecule has 90 valence electrons. The molecule has 1 heteroatoms. The Hall–Kier alpha value is -0.820. The van der Waals surface area contributed by atoms with Crippen molar-refractivity contribution in [2.24, 2.45) is 0 Å². The molecular formula is C15H25N. The molecule has 1 aromatic carbocycles. The number of hydrogen-bond acceptors (Lipinski definition) is 1. The first kappa shape index (κ1) is 13.2. The summed E-state index contributed by atoms with van der Waals surface area (Å²) in [5.41, 5.74) is 2.93. The van der Waals surface area contributed by atoms with Crippen molar-refractivity contribution in [1.29, 1.82) is 0 Å². The molecule has 0 aliphatic heterocycles. The first-order valence-corrected chi connectivity index (χ1v) is 6.61. The molecule has 1 N–H and O–H groups in total. The monoisotopic (exact) mass is 219 g/mol. The molecule has 0 heterocycles. The molecule has 1 nitrogen and oxygen atoms in total. The van der Waals surface area contributed by atoms with Crippen molar-refractivity contribution in [3.8, 4) is 0 Å². The summed E-state index contributed by atoms with van der Waals surface area (Å²) in [5, 5.41) is 3.66. The second kappa shape index (κ2) is 7.45. The van der Waals surface area contributed by atoms with E-state index in [0.29, 0.717) is 6.04 Å². The molecule has 0 spiro atoms. The van der Waals surface area contributed by atoms with Crippen molar-refractivity contribution in [2.45, 2.75) is 59.0 Å². The summed E-state index contributed by atoms with van der Waals surface area (Å²) in [6, 6.07) is 9.42. The number of aryl methyl sites for hydroxylation is 1. The van der Waals surface area contributed by atoms with Gasteiger partial charge in [-0.15, -0.1) is 0 Å². The molecule has 1 aromatic rings. The minimum absolute atomic E-state index is 0.676. The highest BCUT2D eigenvalue weighted by Crippen LogP contribution is 2.10. The fourth-order valence-corrected chi connectivity index (χ4v) is 2.13. The van der Waals surface area contributed by atoms with Crippen molar-refractivity contribution in [1.82, 2.24) is 5.32 Å². The second-order valence-corrected chi connectivity index (χ2v) is 4.40. The lowest BCUT2D eigenvalue weighted by Crippen LogP contribution is -2.28. The van der Waals surface area contributed by atoms with Gasteiger partial charge in [0.05, 0.1) is 0 Å². The van der Waals surface area contributed by atoms with Gasteiger partial charge in [-0.1, -0.05) is 51.5 Å². The van der Waals surface area contributed by atoms with Gasteiger partial charge in [0.25, 0.3) is 0 Å². The van der Waals surface area contributed by atoms with Crippen molar-refractivity contribution in [3.63, 3.8) is 0 Å². The van der Waals surface area contributed by atoms with Gasteiger partial charge in [-0.05, 0) is 30.4 Å². The van der Waals surface area contributed by atoms with Crippen LogP contribution in [0.15, 0.2) is 24.3 Å². The molecule has 0 radical (unpaired) electrons. The maximum absolute atomic E-state index is 3.66. The predicted octanol–water partition coefficient (Wildman–Crippen LogP) is 3.92. The molecule has 0 bridgehead atoms. The zero-order chi connectivity index (χ0) is 11.8. The Bertz CT molecular complexity index is 293. The Kier molecular flexibility index (Phi) is 6.17. The average Bonchev–Trinajstić information content (AvgIpc) is 2.34. The van der Waals surface area contributed by atoms with Crippen molar-refractivity contribution in [3.05, 3.63) is 35.4 Å². The van der Waals surface area contributed by atoms with Gasteiger partial charge in [0.2, 0.25) is 0 Å². The average molecular weight is 219 g/mol. The van der Waals surface area contributed by atoms with E-state index >= 15 is 0 Å². The third-order valence-corrected chi connectivity index (χ3v) is 3.21. The molecule has 1 atom stereocenters. The van der Waals surface area contributed by atoms with Gasteiger partial charge in [-0.25, -0.2) is 0 Å². The molecule has 0 saturated heterocycles. The van der Waals surface area contributed by atoms with Crippen LogP contribution in [0.5, 0.6) is 0 Å². The largest absolute Gasteiger partial charge is 0.310 e. The van der Waals surface area contributed by atoms with E-state index in [1.54, 1.807) is 0 Å². The van der Waals surface area contributed by atoms with Crippen LogP contribution in [0.25, 0.3) is 0 Å². The minimum atomic E-state index is 0.676. The minimum Gasteiger partial charge on any atom is -0.310 e. The Morgan fingerprint density at radius 2 is 1.75 bits per heavy atom. The van der Waals surface area contributed by atoms with Gasteiger partial charge in [-0.3, -0.25) is 0 Å². The fraction of sp³-hybridized carbons (Fsp3) is 0.600. The molecule has 1 unspecified atom stereocenters. The van der Waals surface area contributed by atoms with Crippen LogP contribution in [-0.2, 0) is 13.0 Å². The van der Waals surface area contributed by atoms with Crippen molar-refractivity contribution < 1.29 is 0 Å². The van der Waals surface area contributed by atoms with Crippen LogP contribution in [0, 0.1) is 0 Å². The number of hydrogen-bond donors (Lipinski definition) is 1. The molecule has 0 aromatic heterocycles. The molecule has 0 aliphatic carbocycles. The Balaban J connectivity index is 2.52. The van der Waals surface area contributed by atoms with E-state index < -0.39 is 0 Å². The van der Waals surface area contributed by atoms with Crippen LogP contribution in [0.4, 0.5) is 0 Å². The van der Waals surface area contributed by atoms with Crippen molar-refractivity contribution in [2.75, 3.05) is 0 Å². The van der Waals surface area contributed by atoms with E-state index in [0.717, 1.165) is 13.0 Å². The van der Waals surface area contributed by atoms with E-state index in [9.17, 15) is 0 Å². The van der Waals surface area contributed by atoms with Crippen LogP contribution in [0.2, 0.25) is 0 Å². The van der Waals surface area contributed by atoms with Crippen LogP contribution >= 0.6 is 0 Å². The summed E-state index contributed by atoms with van der Waals surface area (Å²) in [5.74, 6) is 0. The molecule has 0 saturated carbocycles. The summed E-state index contributed by atoms with van der Waals surface area (Å²) < 4.78 is 0. The maximum atomic E-state index is 3.66. The normalized spacial score (nSPS) is 12.7. The summed E-state index contributed by atoms with van der Waals surface area (Å²) in [7, 11) is 0. The first-order valence-electron chi connectivity index (χ1n) is 6.61. The molecule has 0 amide bonds. The second-order valence-electron chi connectivity index (χ2n) is 4.40. The van der Waals surface area contributed by atoms with E-state index in [1.807, 2.05) is 0 Å². The Morgan fingerprint density at radius 1 is 1.06 bits per heavy atom. The predicted molar refractivity (Wildman–Crippen MR) is 71.6 cm³/mol. The number of benzene rings is 1. The highest BCUT2D eigenvalue weighted by molar-refractivity contribution is 5.26. The smallest absolute Gasteiger partial charge is 0.0210 e.